The minimum atomic E-state index is -1.38. The van der Waals surface area contributed by atoms with E-state index in [0.717, 1.165) is 0 Å². The molecule has 4 N–H and O–H groups in total. The monoisotopic (exact) mass is 234 g/mol. The van der Waals surface area contributed by atoms with E-state index in [-0.39, 0.29) is 12.5 Å². The Balaban J connectivity index is 2.39. The van der Waals surface area contributed by atoms with Crippen LogP contribution in [0.2, 0.25) is 0 Å². The minimum absolute atomic E-state index is 0.0447. The maximum atomic E-state index is 9.92. The Morgan fingerprint density at radius 3 is 2.38 bits per heavy atom. The molecule has 2 rings (SSSR count). The van der Waals surface area contributed by atoms with E-state index in [0.29, 0.717) is 0 Å². The Labute approximate surface area is 93.4 Å². The molecule has 0 aromatic rings. The highest BCUT2D eigenvalue weighted by molar-refractivity contribution is 5.10. The molecule has 16 heavy (non-hydrogen) atoms. The topological polar surface area (TPSA) is 99.4 Å². The van der Waals surface area contributed by atoms with Crippen LogP contribution >= 0.6 is 0 Å². The third-order valence-corrected chi connectivity index (χ3v) is 3.58. The van der Waals surface area contributed by atoms with Crippen molar-refractivity contribution in [1.29, 1.82) is 0 Å². The van der Waals surface area contributed by atoms with Crippen molar-refractivity contribution in [1.82, 2.24) is 0 Å². The third-order valence-electron chi connectivity index (χ3n) is 3.58. The summed E-state index contributed by atoms with van der Waals surface area (Å²) in [6, 6.07) is 0. The van der Waals surface area contributed by atoms with Gasteiger partial charge >= 0.3 is 0 Å². The summed E-state index contributed by atoms with van der Waals surface area (Å²) >= 11 is 0. The molecule has 6 nitrogen and oxygen atoms in total. The third kappa shape index (κ3) is 1.28. The summed E-state index contributed by atoms with van der Waals surface area (Å²) < 4.78 is 11.0. The highest BCUT2D eigenvalue weighted by Crippen LogP contribution is 2.47. The zero-order valence-corrected chi connectivity index (χ0v) is 9.33. The Hall–Kier alpha value is -0.240. The fourth-order valence-corrected chi connectivity index (χ4v) is 2.42. The fraction of sp³-hybridized carbons (Fsp3) is 1.00. The van der Waals surface area contributed by atoms with Gasteiger partial charge < -0.3 is 29.9 Å². The lowest BCUT2D eigenvalue weighted by atomic mass is 9.83. The maximum Gasteiger partial charge on any atom is 0.200 e. The van der Waals surface area contributed by atoms with Gasteiger partial charge in [-0.3, -0.25) is 0 Å². The van der Waals surface area contributed by atoms with E-state index in [1.54, 1.807) is 13.8 Å². The van der Waals surface area contributed by atoms with Gasteiger partial charge in [0.05, 0.1) is 13.2 Å². The quantitative estimate of drug-likeness (QED) is 0.450. The van der Waals surface area contributed by atoms with E-state index in [9.17, 15) is 20.4 Å². The standard InChI is InChI=1S/C10H18O6/c1-5(2)10-8(14)6(12)7(13)9(3-11,16-10)4-15-10/h5-8,11-14H,3-4H2,1-2H3/t6-,7-,8+,9-,10?/m0/s1. The molecule has 0 spiro atoms. The van der Waals surface area contributed by atoms with Gasteiger partial charge in [0.15, 0.2) is 0 Å². The Morgan fingerprint density at radius 1 is 1.25 bits per heavy atom. The average Bonchev–Trinajstić information content (AvgIpc) is 2.65. The van der Waals surface area contributed by atoms with Gasteiger partial charge in [0, 0.05) is 5.92 Å². The summed E-state index contributed by atoms with van der Waals surface area (Å²) in [6.45, 7) is 3.05. The molecule has 6 heteroatoms. The number of ether oxygens (including phenoxy) is 2. The number of hydrogen-bond acceptors (Lipinski definition) is 6. The Kier molecular flexibility index (Phi) is 2.77. The van der Waals surface area contributed by atoms with Crippen LogP contribution in [-0.2, 0) is 9.47 Å². The van der Waals surface area contributed by atoms with Crippen LogP contribution in [0.5, 0.6) is 0 Å². The normalized spacial score (nSPS) is 52.3. The van der Waals surface area contributed by atoms with Gasteiger partial charge in [-0.25, -0.2) is 0 Å². The van der Waals surface area contributed by atoms with Crippen molar-refractivity contribution >= 4 is 0 Å². The maximum absolute atomic E-state index is 9.92. The molecule has 0 amide bonds. The number of rotatable bonds is 2. The van der Waals surface area contributed by atoms with E-state index >= 15 is 0 Å². The van der Waals surface area contributed by atoms with E-state index in [1.165, 1.54) is 0 Å². The van der Waals surface area contributed by atoms with Crippen LogP contribution < -0.4 is 0 Å². The molecule has 0 aromatic carbocycles. The molecule has 0 radical (unpaired) electrons. The van der Waals surface area contributed by atoms with Crippen molar-refractivity contribution in [3.8, 4) is 0 Å². The van der Waals surface area contributed by atoms with Crippen LogP contribution in [0.15, 0.2) is 0 Å². The highest BCUT2D eigenvalue weighted by atomic mass is 16.8. The lowest BCUT2D eigenvalue weighted by Crippen LogP contribution is -2.68. The molecule has 2 fully saturated rings. The molecule has 0 saturated carbocycles. The van der Waals surface area contributed by atoms with Crippen LogP contribution in [0.1, 0.15) is 13.8 Å². The molecule has 5 atom stereocenters. The van der Waals surface area contributed by atoms with Crippen LogP contribution in [-0.4, -0.2) is 63.3 Å². The number of aliphatic hydroxyl groups excluding tert-OH is 4. The van der Waals surface area contributed by atoms with Gasteiger partial charge in [-0.15, -0.1) is 0 Å². The summed E-state index contributed by atoms with van der Waals surface area (Å²) in [6.07, 6.45) is -4.07. The van der Waals surface area contributed by atoms with E-state index < -0.39 is 36.3 Å². The largest absolute Gasteiger partial charge is 0.393 e. The Bertz CT molecular complexity index is 282. The first-order chi connectivity index (χ1) is 7.39. The molecule has 2 heterocycles. The minimum Gasteiger partial charge on any atom is -0.393 e. The van der Waals surface area contributed by atoms with E-state index in [1.807, 2.05) is 0 Å². The summed E-state index contributed by atoms with van der Waals surface area (Å²) in [5, 5.41) is 38.8. The second kappa shape index (κ2) is 3.63. The first-order valence-corrected chi connectivity index (χ1v) is 5.39. The second-order valence-electron chi connectivity index (χ2n) is 4.87. The predicted molar refractivity (Wildman–Crippen MR) is 52.4 cm³/mol. The SMILES string of the molecule is CC(C)C12OC[C@](CO)(O1)[C@@H](O)[C@H](O)[C@H]2O. The molecule has 94 valence electrons. The van der Waals surface area contributed by atoms with Crippen molar-refractivity contribution in [2.45, 2.75) is 43.5 Å². The lowest BCUT2D eigenvalue weighted by Gasteiger charge is -2.47. The smallest absolute Gasteiger partial charge is 0.200 e. The van der Waals surface area contributed by atoms with Crippen LogP contribution in [0.4, 0.5) is 0 Å². The molecule has 0 aliphatic carbocycles. The van der Waals surface area contributed by atoms with Gasteiger partial charge in [-0.05, 0) is 0 Å². The van der Waals surface area contributed by atoms with Crippen molar-refractivity contribution in [3.05, 3.63) is 0 Å². The highest BCUT2D eigenvalue weighted by Gasteiger charge is 2.67. The first-order valence-electron chi connectivity index (χ1n) is 5.39. The molecule has 1 unspecified atom stereocenters. The summed E-state index contributed by atoms with van der Waals surface area (Å²) in [5.41, 5.74) is -1.33. The number of aliphatic hydroxyl groups is 4. The molecule has 2 saturated heterocycles. The first kappa shape index (κ1) is 12.2. The molecule has 2 aliphatic heterocycles. The van der Waals surface area contributed by atoms with Crippen molar-refractivity contribution in [2.75, 3.05) is 13.2 Å². The second-order valence-corrected chi connectivity index (χ2v) is 4.87. The predicted octanol–water partition coefficient (Wildman–Crippen LogP) is -1.79. The summed E-state index contributed by atoms with van der Waals surface area (Å²) in [7, 11) is 0. The molecule has 2 bridgehead atoms. The summed E-state index contributed by atoms with van der Waals surface area (Å²) in [4.78, 5) is 0. The van der Waals surface area contributed by atoms with Crippen molar-refractivity contribution in [3.63, 3.8) is 0 Å². The van der Waals surface area contributed by atoms with Crippen molar-refractivity contribution in [2.24, 2.45) is 5.92 Å². The molecular formula is C10H18O6. The van der Waals surface area contributed by atoms with Gasteiger partial charge in [-0.1, -0.05) is 13.8 Å². The zero-order chi connectivity index (χ0) is 12.1. The van der Waals surface area contributed by atoms with Crippen LogP contribution in [0.25, 0.3) is 0 Å². The zero-order valence-electron chi connectivity index (χ0n) is 9.33. The molecular weight excluding hydrogens is 216 g/mol. The van der Waals surface area contributed by atoms with Gasteiger partial charge in [0.1, 0.15) is 23.9 Å². The number of hydrogen-bond donors (Lipinski definition) is 4. The number of fused-ring (bicyclic) bond motifs is 2. The summed E-state index contributed by atoms with van der Waals surface area (Å²) in [5.74, 6) is -1.56. The fourth-order valence-electron chi connectivity index (χ4n) is 2.42. The molecule has 0 aromatic heterocycles. The van der Waals surface area contributed by atoms with Crippen LogP contribution in [0.3, 0.4) is 0 Å². The van der Waals surface area contributed by atoms with Gasteiger partial charge in [0.25, 0.3) is 0 Å². The van der Waals surface area contributed by atoms with Crippen LogP contribution in [0, 0.1) is 5.92 Å². The van der Waals surface area contributed by atoms with Crippen molar-refractivity contribution < 1.29 is 29.9 Å². The van der Waals surface area contributed by atoms with Gasteiger partial charge in [0.2, 0.25) is 5.79 Å². The van der Waals surface area contributed by atoms with E-state index in [4.69, 9.17) is 9.47 Å². The average molecular weight is 234 g/mol. The van der Waals surface area contributed by atoms with Gasteiger partial charge in [-0.2, -0.15) is 0 Å². The Morgan fingerprint density at radius 2 is 1.88 bits per heavy atom. The lowest BCUT2D eigenvalue weighted by molar-refractivity contribution is -0.336. The molecule has 2 aliphatic rings. The van der Waals surface area contributed by atoms with E-state index in [2.05, 4.69) is 0 Å².